The van der Waals surface area contributed by atoms with Crippen molar-refractivity contribution < 1.29 is 38.4 Å². The molecule has 0 unspecified atom stereocenters. The number of benzene rings is 4. The van der Waals surface area contributed by atoms with Crippen molar-refractivity contribution in [2.45, 2.75) is 13.2 Å². The molecule has 0 atom stereocenters. The minimum atomic E-state index is -0.746. The molecule has 0 saturated heterocycles. The summed E-state index contributed by atoms with van der Waals surface area (Å²) in [5, 5.41) is 17.8. The van der Waals surface area contributed by atoms with Gasteiger partial charge in [-0.05, 0) is 29.3 Å². The van der Waals surface area contributed by atoms with Gasteiger partial charge < -0.3 is 14.8 Å². The third-order valence-electron chi connectivity index (χ3n) is 6.49. The Morgan fingerprint density at radius 2 is 1.36 bits per heavy atom. The van der Waals surface area contributed by atoms with Gasteiger partial charge in [0.05, 0.1) is 5.56 Å². The van der Waals surface area contributed by atoms with Gasteiger partial charge in [0.15, 0.2) is 0 Å². The van der Waals surface area contributed by atoms with E-state index in [0.29, 0.717) is 30.9 Å². The molecule has 0 radical (unpaired) electrons. The minimum absolute atomic E-state index is 0.0291. The average Bonchev–Trinajstić information content (AvgIpc) is 3.10. The first kappa shape index (κ1) is 33.9. The van der Waals surface area contributed by atoms with Gasteiger partial charge in [0.2, 0.25) is 0 Å². The van der Waals surface area contributed by atoms with E-state index in [-0.39, 0.29) is 49.7 Å². The molecule has 0 aliphatic heterocycles. The Labute approximate surface area is 272 Å². The van der Waals surface area contributed by atoms with E-state index in [1.54, 1.807) is 18.2 Å². The van der Waals surface area contributed by atoms with E-state index >= 15 is 0 Å². The number of phenols is 1. The first-order valence-corrected chi connectivity index (χ1v) is 14.7. The third kappa shape index (κ3) is 11.2. The Kier molecular flexibility index (Phi) is 13.1. The van der Waals surface area contributed by atoms with Crippen LogP contribution >= 0.6 is 0 Å². The predicted octanol–water partition coefficient (Wildman–Crippen LogP) is 4.15. The van der Waals surface area contributed by atoms with Crippen LogP contribution in [-0.2, 0) is 22.7 Å². The van der Waals surface area contributed by atoms with Crippen molar-refractivity contribution in [1.82, 2.24) is 16.0 Å². The third-order valence-corrected chi connectivity index (χ3v) is 6.49. The van der Waals surface area contributed by atoms with Crippen molar-refractivity contribution in [3.63, 3.8) is 0 Å². The molecule has 0 spiro atoms. The molecule has 13 heteroatoms. The van der Waals surface area contributed by atoms with Crippen LogP contribution in [0.15, 0.2) is 102 Å². The number of nitrogens with one attached hydrogen (secondary N) is 3. The average molecular weight is 636 g/mol. The molecule has 0 heterocycles. The van der Waals surface area contributed by atoms with Gasteiger partial charge in [0.25, 0.3) is 5.91 Å². The molecule has 12 nitrogen and oxygen atoms in total. The van der Waals surface area contributed by atoms with Gasteiger partial charge in [-0.2, -0.15) is 0 Å². The molecule has 4 aromatic carbocycles. The second-order valence-electron chi connectivity index (χ2n) is 9.90. The van der Waals surface area contributed by atoms with Crippen LogP contribution in [0.2, 0.25) is 0 Å². The van der Waals surface area contributed by atoms with Gasteiger partial charge in [-0.25, -0.2) is 0 Å². The quantitative estimate of drug-likeness (QED) is 0.0810. The van der Waals surface area contributed by atoms with Crippen LogP contribution in [0.25, 0.3) is 0 Å². The maximum absolute atomic E-state index is 13.2. The number of phenolic OH excluding ortho intramolecular Hbond substituents is 1. The van der Waals surface area contributed by atoms with E-state index in [2.05, 4.69) is 20.9 Å². The zero-order valence-electron chi connectivity index (χ0n) is 25.4. The number of rotatable bonds is 16. The Bertz CT molecular complexity index is 1690. The fourth-order valence-corrected chi connectivity index (χ4v) is 4.17. The molecule has 0 fully saturated rings. The van der Waals surface area contributed by atoms with E-state index in [1.165, 1.54) is 18.2 Å². The number of alkyl carbamates (subject to hydrolysis) is 1. The summed E-state index contributed by atoms with van der Waals surface area (Å²) in [6, 6.07) is 28.3. The van der Waals surface area contributed by atoms with Crippen LogP contribution in [0, 0.1) is 0 Å². The Morgan fingerprint density at radius 1 is 0.723 bits per heavy atom. The van der Waals surface area contributed by atoms with Crippen molar-refractivity contribution in [2.24, 2.45) is 4.99 Å². The SMILES string of the molecule is O=BC=Nc1ccc(O)c(C(=O)NCCOC(=O)NCCNC(=O)c2cc(OCc3ccccc3)ccc2OCc2ccccc2)c1. The van der Waals surface area contributed by atoms with E-state index in [4.69, 9.17) is 14.2 Å². The van der Waals surface area contributed by atoms with Crippen LogP contribution < -0.4 is 25.4 Å². The topological polar surface area (TPSA) is 165 Å². The number of hydrogen-bond acceptors (Lipinski definition) is 9. The molecule has 47 heavy (non-hydrogen) atoms. The monoisotopic (exact) mass is 636 g/mol. The molecule has 0 aliphatic carbocycles. The fraction of sp³-hybridized carbons (Fsp3) is 0.176. The zero-order valence-corrected chi connectivity index (χ0v) is 25.4. The summed E-state index contributed by atoms with van der Waals surface area (Å²) in [5.74, 6) is -0.426. The molecule has 0 saturated carbocycles. The van der Waals surface area contributed by atoms with Crippen molar-refractivity contribution in [1.29, 1.82) is 0 Å². The van der Waals surface area contributed by atoms with Crippen molar-refractivity contribution in [3.05, 3.63) is 119 Å². The Balaban J connectivity index is 1.23. The van der Waals surface area contributed by atoms with E-state index < -0.39 is 17.9 Å². The maximum atomic E-state index is 13.2. The summed E-state index contributed by atoms with van der Waals surface area (Å²) >= 11 is 0. The normalized spacial score (nSPS) is 10.5. The summed E-state index contributed by atoms with van der Waals surface area (Å²) < 4.78 is 27.4. The first-order chi connectivity index (χ1) is 22.9. The van der Waals surface area contributed by atoms with Gasteiger partial charge >= 0.3 is 113 Å². The fourth-order valence-electron chi connectivity index (χ4n) is 4.17. The molecule has 4 N–H and O–H groups in total. The van der Waals surface area contributed by atoms with Gasteiger partial charge in [0.1, 0.15) is 24.7 Å². The summed E-state index contributed by atoms with van der Waals surface area (Å²) in [6.07, 6.45) is 0.274. The van der Waals surface area contributed by atoms with Gasteiger partial charge in [-0.15, -0.1) is 0 Å². The van der Waals surface area contributed by atoms with Crippen LogP contribution in [0.1, 0.15) is 31.8 Å². The molecule has 4 rings (SSSR count). The summed E-state index contributed by atoms with van der Waals surface area (Å²) in [5.41, 5.74) is 2.46. The second-order valence-corrected chi connectivity index (χ2v) is 9.90. The van der Waals surface area contributed by atoms with Crippen molar-refractivity contribution >= 4 is 36.9 Å². The molecular formula is C34H33BN4O8. The molecule has 0 aliphatic rings. The summed E-state index contributed by atoms with van der Waals surface area (Å²) in [4.78, 5) is 41.5. The summed E-state index contributed by atoms with van der Waals surface area (Å²) in [6.45, 7) is 0.589. The van der Waals surface area contributed by atoms with E-state index in [1.807, 2.05) is 60.7 Å². The second kappa shape index (κ2) is 18.1. The number of hydrogen-bond donors (Lipinski definition) is 4. The van der Waals surface area contributed by atoms with Gasteiger partial charge in [-0.3, -0.25) is 4.79 Å². The van der Waals surface area contributed by atoms with Gasteiger partial charge in [-0.1, -0.05) is 60.7 Å². The number of amides is 3. The van der Waals surface area contributed by atoms with Crippen molar-refractivity contribution in [2.75, 3.05) is 26.2 Å². The van der Waals surface area contributed by atoms with Crippen LogP contribution in [0.3, 0.4) is 0 Å². The number of aromatic hydroxyl groups is 1. The molecule has 0 bridgehead atoms. The molecule has 240 valence electrons. The van der Waals surface area contributed by atoms with Crippen LogP contribution in [0.4, 0.5) is 10.5 Å². The standard InChI is InChI=1S/C34H33BN4O8/c40-30-13-11-26(39-23-35-44)19-28(30)32(41)37-17-18-45-34(43)38-16-15-36-33(42)29-20-27(46-21-24-7-3-1-4-8-24)12-14-31(29)47-22-25-9-5-2-6-10-25/h1-14,19-20,23,40H,15-18,21-22H2,(H,36,42)(H,37,41)(H,38,43). The number of ether oxygens (including phenoxy) is 3. The molecule has 0 aromatic heterocycles. The van der Waals surface area contributed by atoms with Crippen LogP contribution in [-0.4, -0.2) is 62.5 Å². The number of aliphatic imine (C=N–C) groups is 1. The molecule has 4 aromatic rings. The number of carbonyl (C=O) groups excluding carboxylic acids is 3. The van der Waals surface area contributed by atoms with E-state index in [0.717, 1.165) is 17.2 Å². The molecule has 3 amide bonds. The number of nitrogens with zero attached hydrogens (tertiary/aromatic N) is 1. The van der Waals surface area contributed by atoms with Crippen molar-refractivity contribution in [3.8, 4) is 17.2 Å². The summed E-state index contributed by atoms with van der Waals surface area (Å²) in [7, 11) is 0.490. The first-order valence-electron chi connectivity index (χ1n) is 14.7. The predicted molar refractivity (Wildman–Crippen MR) is 175 cm³/mol. The van der Waals surface area contributed by atoms with Crippen LogP contribution in [0.5, 0.6) is 17.2 Å². The zero-order chi connectivity index (χ0) is 33.3. The van der Waals surface area contributed by atoms with Gasteiger partial charge in [0, 0.05) is 13.1 Å². The molecular weight excluding hydrogens is 603 g/mol. The van der Waals surface area contributed by atoms with E-state index in [9.17, 15) is 24.2 Å². The Morgan fingerprint density at radius 3 is 2.06 bits per heavy atom. The Hall–Kier alpha value is -5.98. The number of carbonyl (C=O) groups is 3.